The Labute approximate surface area is 124 Å². The van der Waals surface area contributed by atoms with Crippen LogP contribution in [0.4, 0.5) is 0 Å². The number of thiophene rings is 1. The molecule has 4 nitrogen and oxygen atoms in total. The van der Waals surface area contributed by atoms with E-state index in [0.29, 0.717) is 24.6 Å². The molecule has 19 heavy (non-hydrogen) atoms. The van der Waals surface area contributed by atoms with E-state index in [2.05, 4.69) is 15.9 Å². The van der Waals surface area contributed by atoms with E-state index in [1.165, 1.54) is 11.3 Å². The van der Waals surface area contributed by atoms with Gasteiger partial charge < -0.3 is 14.1 Å². The van der Waals surface area contributed by atoms with Gasteiger partial charge in [-0.25, -0.2) is 0 Å². The summed E-state index contributed by atoms with van der Waals surface area (Å²) in [6.07, 6.45) is 3.26. The average molecular weight is 344 g/mol. The summed E-state index contributed by atoms with van der Waals surface area (Å²) in [7, 11) is 1.63. The number of rotatable bonds is 6. The first-order valence-corrected chi connectivity index (χ1v) is 7.41. The number of methoxy groups -OCH3 is 1. The van der Waals surface area contributed by atoms with E-state index in [-0.39, 0.29) is 5.91 Å². The zero-order valence-electron chi connectivity index (χ0n) is 10.5. The number of hydrogen-bond donors (Lipinski definition) is 0. The molecule has 0 spiro atoms. The Bertz CT molecular complexity index is 524. The molecular weight excluding hydrogens is 330 g/mol. The van der Waals surface area contributed by atoms with Crippen molar-refractivity contribution in [1.82, 2.24) is 4.90 Å². The molecule has 0 saturated heterocycles. The van der Waals surface area contributed by atoms with Crippen molar-refractivity contribution in [2.45, 2.75) is 6.54 Å². The maximum atomic E-state index is 12.4. The lowest BCUT2D eigenvalue weighted by molar-refractivity contribution is 0.0685. The first kappa shape index (κ1) is 14.3. The van der Waals surface area contributed by atoms with Crippen LogP contribution in [0, 0.1) is 0 Å². The normalized spacial score (nSPS) is 10.6. The molecule has 0 unspecified atom stereocenters. The molecule has 0 aliphatic heterocycles. The standard InChI is InChI=1S/C13H14BrNO3S/c1-17-5-3-15(7-10-2-4-18-8-10)13(16)12-6-11(14)9-19-12/h2,4,6,8-9H,3,5,7H2,1H3. The van der Waals surface area contributed by atoms with E-state index in [9.17, 15) is 4.79 Å². The van der Waals surface area contributed by atoms with Gasteiger partial charge in [-0.15, -0.1) is 11.3 Å². The molecule has 0 N–H and O–H groups in total. The minimum Gasteiger partial charge on any atom is -0.472 e. The van der Waals surface area contributed by atoms with Crippen molar-refractivity contribution in [1.29, 1.82) is 0 Å². The second-order valence-electron chi connectivity index (χ2n) is 3.98. The molecule has 2 heterocycles. The van der Waals surface area contributed by atoms with Crippen LogP contribution in [0.1, 0.15) is 15.2 Å². The van der Waals surface area contributed by atoms with Gasteiger partial charge in [0.1, 0.15) is 0 Å². The van der Waals surface area contributed by atoms with Crippen molar-refractivity contribution in [3.8, 4) is 0 Å². The van der Waals surface area contributed by atoms with E-state index in [0.717, 1.165) is 10.0 Å². The van der Waals surface area contributed by atoms with Crippen molar-refractivity contribution in [2.75, 3.05) is 20.3 Å². The lowest BCUT2D eigenvalue weighted by Gasteiger charge is -2.21. The summed E-state index contributed by atoms with van der Waals surface area (Å²) in [4.78, 5) is 14.9. The quantitative estimate of drug-likeness (QED) is 0.807. The molecule has 0 bridgehead atoms. The zero-order valence-corrected chi connectivity index (χ0v) is 12.9. The molecule has 102 valence electrons. The number of halogens is 1. The van der Waals surface area contributed by atoms with Crippen molar-refractivity contribution >= 4 is 33.2 Å². The van der Waals surface area contributed by atoms with Crippen molar-refractivity contribution < 1.29 is 13.9 Å². The number of carbonyl (C=O) groups excluding carboxylic acids is 1. The van der Waals surface area contributed by atoms with Gasteiger partial charge in [0.2, 0.25) is 0 Å². The maximum absolute atomic E-state index is 12.4. The van der Waals surface area contributed by atoms with Crippen molar-refractivity contribution in [2.24, 2.45) is 0 Å². The minimum absolute atomic E-state index is 0.00829. The summed E-state index contributed by atoms with van der Waals surface area (Å²) in [5.74, 6) is 0.00829. The van der Waals surface area contributed by atoms with Crippen LogP contribution in [-0.2, 0) is 11.3 Å². The Hall–Kier alpha value is -1.11. The molecule has 2 aromatic heterocycles. The number of amides is 1. The first-order chi connectivity index (χ1) is 9.20. The Morgan fingerprint density at radius 3 is 3.00 bits per heavy atom. The highest BCUT2D eigenvalue weighted by Gasteiger charge is 2.18. The van der Waals surface area contributed by atoms with Crippen LogP contribution in [0.25, 0.3) is 0 Å². The Kier molecular flexibility index (Phi) is 5.18. The average Bonchev–Trinajstić information content (AvgIpc) is 3.05. The highest BCUT2D eigenvalue weighted by Crippen LogP contribution is 2.22. The highest BCUT2D eigenvalue weighted by atomic mass is 79.9. The molecule has 0 saturated carbocycles. The molecule has 0 aliphatic carbocycles. The molecular formula is C13H14BrNO3S. The van der Waals surface area contributed by atoms with Gasteiger partial charge in [0, 0.05) is 35.6 Å². The summed E-state index contributed by atoms with van der Waals surface area (Å²) in [5.41, 5.74) is 0.972. The number of carbonyl (C=O) groups is 1. The molecule has 0 fully saturated rings. The number of nitrogens with zero attached hydrogens (tertiary/aromatic N) is 1. The van der Waals surface area contributed by atoms with Gasteiger partial charge in [-0.05, 0) is 28.1 Å². The molecule has 0 aliphatic rings. The van der Waals surface area contributed by atoms with Crippen LogP contribution in [0.5, 0.6) is 0 Å². The van der Waals surface area contributed by atoms with Crippen LogP contribution in [0.15, 0.2) is 38.9 Å². The van der Waals surface area contributed by atoms with E-state index in [1.54, 1.807) is 24.5 Å². The second-order valence-corrected chi connectivity index (χ2v) is 5.81. The Morgan fingerprint density at radius 1 is 1.58 bits per heavy atom. The smallest absolute Gasteiger partial charge is 0.264 e. The van der Waals surface area contributed by atoms with Gasteiger partial charge in [0.25, 0.3) is 5.91 Å². The molecule has 0 radical (unpaired) electrons. The fraction of sp³-hybridized carbons (Fsp3) is 0.308. The van der Waals surface area contributed by atoms with Gasteiger partial charge in [-0.3, -0.25) is 4.79 Å². The van der Waals surface area contributed by atoms with Gasteiger partial charge in [-0.2, -0.15) is 0 Å². The summed E-state index contributed by atoms with van der Waals surface area (Å²) in [6, 6.07) is 3.69. The van der Waals surface area contributed by atoms with E-state index >= 15 is 0 Å². The SMILES string of the molecule is COCCN(Cc1ccoc1)C(=O)c1cc(Br)cs1. The molecule has 0 aromatic carbocycles. The summed E-state index contributed by atoms with van der Waals surface area (Å²) < 4.78 is 11.0. The Morgan fingerprint density at radius 2 is 2.42 bits per heavy atom. The summed E-state index contributed by atoms with van der Waals surface area (Å²) in [6.45, 7) is 1.58. The molecule has 6 heteroatoms. The topological polar surface area (TPSA) is 42.7 Å². The largest absolute Gasteiger partial charge is 0.472 e. The van der Waals surface area contributed by atoms with E-state index in [4.69, 9.17) is 9.15 Å². The lowest BCUT2D eigenvalue weighted by Crippen LogP contribution is -2.32. The van der Waals surface area contributed by atoms with E-state index < -0.39 is 0 Å². The van der Waals surface area contributed by atoms with Crippen LogP contribution < -0.4 is 0 Å². The highest BCUT2D eigenvalue weighted by molar-refractivity contribution is 9.10. The van der Waals surface area contributed by atoms with Crippen LogP contribution >= 0.6 is 27.3 Å². The van der Waals surface area contributed by atoms with Crippen molar-refractivity contribution in [3.05, 3.63) is 45.0 Å². The predicted octanol–water partition coefficient (Wildman–Crippen LogP) is 3.39. The first-order valence-electron chi connectivity index (χ1n) is 5.74. The maximum Gasteiger partial charge on any atom is 0.264 e. The van der Waals surface area contributed by atoms with Gasteiger partial charge in [-0.1, -0.05) is 0 Å². The minimum atomic E-state index is 0.00829. The number of furan rings is 1. The monoisotopic (exact) mass is 343 g/mol. The predicted molar refractivity (Wildman–Crippen MR) is 77.3 cm³/mol. The van der Waals surface area contributed by atoms with Gasteiger partial charge in [0.05, 0.1) is 24.0 Å². The lowest BCUT2D eigenvalue weighted by atomic mass is 10.3. The molecule has 2 aromatic rings. The fourth-order valence-corrected chi connectivity index (χ4v) is 3.03. The summed E-state index contributed by atoms with van der Waals surface area (Å²) in [5, 5.41) is 1.90. The second kappa shape index (κ2) is 6.88. The third-order valence-corrected chi connectivity index (χ3v) is 4.26. The third-order valence-electron chi connectivity index (χ3n) is 2.58. The van der Waals surface area contributed by atoms with Crippen molar-refractivity contribution in [3.63, 3.8) is 0 Å². The zero-order chi connectivity index (χ0) is 13.7. The van der Waals surface area contributed by atoms with Crippen LogP contribution in [0.3, 0.4) is 0 Å². The number of hydrogen-bond acceptors (Lipinski definition) is 4. The molecule has 0 atom stereocenters. The number of ether oxygens (including phenoxy) is 1. The molecule has 2 rings (SSSR count). The molecule has 1 amide bonds. The Balaban J connectivity index is 2.10. The van der Waals surface area contributed by atoms with E-state index in [1.807, 2.05) is 17.5 Å². The van der Waals surface area contributed by atoms with Crippen LogP contribution in [0.2, 0.25) is 0 Å². The third kappa shape index (κ3) is 3.92. The van der Waals surface area contributed by atoms with Gasteiger partial charge >= 0.3 is 0 Å². The summed E-state index contributed by atoms with van der Waals surface area (Å²) >= 11 is 4.79. The van der Waals surface area contributed by atoms with Crippen LogP contribution in [-0.4, -0.2) is 31.1 Å². The fourth-order valence-electron chi connectivity index (χ4n) is 1.64. The van der Waals surface area contributed by atoms with Gasteiger partial charge in [0.15, 0.2) is 0 Å².